The molecule has 0 spiro atoms. The molecule has 4 heterocycles. The molecular weight excluding hydrogens is 370 g/mol. The highest BCUT2D eigenvalue weighted by molar-refractivity contribution is 7.98. The van der Waals surface area contributed by atoms with Crippen molar-refractivity contribution < 1.29 is 0 Å². The predicted octanol–water partition coefficient (Wildman–Crippen LogP) is 4.85. The summed E-state index contributed by atoms with van der Waals surface area (Å²) in [6.07, 6.45) is 5.74. The molecule has 124 valence electrons. The summed E-state index contributed by atoms with van der Waals surface area (Å²) >= 11 is 4.86. The highest BCUT2D eigenvalue weighted by Crippen LogP contribution is 2.25. The number of aromatic nitrogens is 5. The Morgan fingerprint density at radius 2 is 2.08 bits per heavy atom. The third kappa shape index (κ3) is 4.22. The summed E-state index contributed by atoms with van der Waals surface area (Å²) in [5, 5.41) is 12.9. The molecule has 4 aromatic rings. The molecule has 0 amide bonds. The van der Waals surface area contributed by atoms with Crippen molar-refractivity contribution in [2.45, 2.75) is 10.9 Å². The van der Waals surface area contributed by atoms with Gasteiger partial charge in [0.05, 0.1) is 11.4 Å². The molecule has 1 N–H and O–H groups in total. The molecular formula is C17H13N5S3. The van der Waals surface area contributed by atoms with Gasteiger partial charge in [-0.2, -0.15) is 0 Å². The Labute approximate surface area is 156 Å². The SMILES string of the molecule is C(=C\c1cccs1)/c1nc(SCc2csc(-c3ccccn3)n2)n[nH]1. The number of thiazole rings is 1. The van der Waals surface area contributed by atoms with Gasteiger partial charge in [-0.25, -0.2) is 9.97 Å². The van der Waals surface area contributed by atoms with Crippen molar-refractivity contribution in [3.8, 4) is 10.7 Å². The van der Waals surface area contributed by atoms with Crippen LogP contribution >= 0.6 is 34.4 Å². The summed E-state index contributed by atoms with van der Waals surface area (Å²) in [6.45, 7) is 0. The zero-order valence-corrected chi connectivity index (χ0v) is 15.4. The minimum atomic E-state index is 0.721. The van der Waals surface area contributed by atoms with Gasteiger partial charge < -0.3 is 0 Å². The molecule has 0 saturated carbocycles. The van der Waals surface area contributed by atoms with Gasteiger partial charge in [0.2, 0.25) is 5.16 Å². The topological polar surface area (TPSA) is 67.3 Å². The van der Waals surface area contributed by atoms with E-state index >= 15 is 0 Å². The third-order valence-corrected chi connectivity index (χ3v) is 5.85. The molecule has 0 fully saturated rings. The van der Waals surface area contributed by atoms with E-state index in [2.05, 4.69) is 42.0 Å². The number of hydrogen-bond donors (Lipinski definition) is 1. The van der Waals surface area contributed by atoms with Crippen molar-refractivity contribution in [3.05, 3.63) is 63.7 Å². The Morgan fingerprint density at radius 1 is 1.08 bits per heavy atom. The van der Waals surface area contributed by atoms with Gasteiger partial charge in [-0.3, -0.25) is 10.1 Å². The molecule has 4 aromatic heterocycles. The summed E-state index contributed by atoms with van der Waals surface area (Å²) in [4.78, 5) is 14.6. The molecule has 0 saturated heterocycles. The second-order valence-corrected chi connectivity index (χ2v) is 7.78. The molecule has 4 rings (SSSR count). The highest BCUT2D eigenvalue weighted by Gasteiger charge is 2.08. The van der Waals surface area contributed by atoms with E-state index in [1.165, 1.54) is 4.88 Å². The van der Waals surface area contributed by atoms with Crippen LogP contribution in [0.25, 0.3) is 22.9 Å². The van der Waals surface area contributed by atoms with Crippen LogP contribution in [0.15, 0.2) is 52.4 Å². The van der Waals surface area contributed by atoms with Crippen molar-refractivity contribution in [1.82, 2.24) is 25.1 Å². The molecule has 25 heavy (non-hydrogen) atoms. The second kappa shape index (κ2) is 7.73. The van der Waals surface area contributed by atoms with Gasteiger partial charge in [-0.05, 0) is 35.7 Å². The number of nitrogens with zero attached hydrogens (tertiary/aromatic N) is 4. The number of nitrogens with one attached hydrogen (secondary N) is 1. The van der Waals surface area contributed by atoms with Gasteiger partial charge in [0, 0.05) is 22.2 Å². The van der Waals surface area contributed by atoms with Gasteiger partial charge in [-0.15, -0.1) is 27.8 Å². The van der Waals surface area contributed by atoms with Crippen molar-refractivity contribution in [2.75, 3.05) is 0 Å². The van der Waals surface area contributed by atoms with E-state index < -0.39 is 0 Å². The summed E-state index contributed by atoms with van der Waals surface area (Å²) < 4.78 is 0. The number of rotatable bonds is 6. The largest absolute Gasteiger partial charge is 0.259 e. The van der Waals surface area contributed by atoms with Gasteiger partial charge >= 0.3 is 0 Å². The zero-order chi connectivity index (χ0) is 16.9. The number of pyridine rings is 1. The van der Waals surface area contributed by atoms with Crippen LogP contribution in [0.3, 0.4) is 0 Å². The molecule has 0 unspecified atom stereocenters. The quantitative estimate of drug-likeness (QED) is 0.482. The molecule has 0 aliphatic carbocycles. The molecule has 5 nitrogen and oxygen atoms in total. The first-order chi connectivity index (χ1) is 12.4. The van der Waals surface area contributed by atoms with Crippen LogP contribution < -0.4 is 0 Å². The lowest BCUT2D eigenvalue weighted by Gasteiger charge is -1.94. The Balaban J connectivity index is 1.37. The van der Waals surface area contributed by atoms with E-state index in [4.69, 9.17) is 0 Å². The maximum Gasteiger partial charge on any atom is 0.209 e. The lowest BCUT2D eigenvalue weighted by atomic mass is 10.4. The lowest BCUT2D eigenvalue weighted by Crippen LogP contribution is -1.84. The van der Waals surface area contributed by atoms with Gasteiger partial charge in [0.1, 0.15) is 10.8 Å². The van der Waals surface area contributed by atoms with Gasteiger partial charge in [0.15, 0.2) is 0 Å². The van der Waals surface area contributed by atoms with Crippen molar-refractivity contribution in [3.63, 3.8) is 0 Å². The fourth-order valence-corrected chi connectivity index (χ4v) is 4.28. The average molecular weight is 384 g/mol. The number of thiophene rings is 1. The first kappa shape index (κ1) is 16.2. The predicted molar refractivity (Wildman–Crippen MR) is 105 cm³/mol. The fraction of sp³-hybridized carbons (Fsp3) is 0.0588. The zero-order valence-electron chi connectivity index (χ0n) is 13.0. The van der Waals surface area contributed by atoms with Crippen molar-refractivity contribution in [1.29, 1.82) is 0 Å². The van der Waals surface area contributed by atoms with E-state index in [1.54, 1.807) is 40.6 Å². The highest BCUT2D eigenvalue weighted by atomic mass is 32.2. The molecule has 0 aliphatic heterocycles. The minimum absolute atomic E-state index is 0.721. The number of aromatic amines is 1. The fourth-order valence-electron chi connectivity index (χ4n) is 2.06. The number of H-pyrrole nitrogens is 1. The van der Waals surface area contributed by atoms with E-state index in [9.17, 15) is 0 Å². The standard InChI is InChI=1S/C17H13N5S3/c1-2-8-18-14(5-1)16-19-12(10-24-16)11-25-17-20-15(21-22-17)7-6-13-4-3-9-23-13/h1-10H,11H2,(H,20,21,22)/b7-6+. The van der Waals surface area contributed by atoms with Crippen LogP contribution in [0.2, 0.25) is 0 Å². The summed E-state index contributed by atoms with van der Waals surface area (Å²) in [7, 11) is 0. The molecule has 0 bridgehead atoms. The van der Waals surface area contributed by atoms with E-state index in [-0.39, 0.29) is 0 Å². The smallest absolute Gasteiger partial charge is 0.209 e. The Bertz CT molecular complexity index is 957. The number of hydrogen-bond acceptors (Lipinski definition) is 7. The number of thioether (sulfide) groups is 1. The summed E-state index contributed by atoms with van der Waals surface area (Å²) in [5.41, 5.74) is 1.92. The van der Waals surface area contributed by atoms with E-state index in [0.29, 0.717) is 0 Å². The third-order valence-electron chi connectivity index (χ3n) is 3.22. The van der Waals surface area contributed by atoms with Crippen LogP contribution in [-0.4, -0.2) is 25.1 Å². The van der Waals surface area contributed by atoms with Crippen LogP contribution in [-0.2, 0) is 5.75 Å². The van der Waals surface area contributed by atoms with E-state index in [0.717, 1.165) is 33.1 Å². The molecule has 8 heteroatoms. The van der Waals surface area contributed by atoms with Crippen LogP contribution in [0.4, 0.5) is 0 Å². The first-order valence-corrected chi connectivity index (χ1v) is 10.2. The normalized spacial score (nSPS) is 11.4. The van der Waals surface area contributed by atoms with Crippen molar-refractivity contribution >= 4 is 46.6 Å². The first-order valence-electron chi connectivity index (χ1n) is 7.49. The maximum atomic E-state index is 4.63. The Morgan fingerprint density at radius 3 is 2.92 bits per heavy atom. The maximum absolute atomic E-state index is 4.63. The van der Waals surface area contributed by atoms with Crippen LogP contribution in [0.1, 0.15) is 16.4 Å². The van der Waals surface area contributed by atoms with Crippen LogP contribution in [0, 0.1) is 0 Å². The molecule has 0 aromatic carbocycles. The Kier molecular flexibility index (Phi) is 5.01. The lowest BCUT2D eigenvalue weighted by molar-refractivity contribution is 0.971. The van der Waals surface area contributed by atoms with Gasteiger partial charge in [0.25, 0.3) is 0 Å². The van der Waals surface area contributed by atoms with Gasteiger partial charge in [-0.1, -0.05) is 23.9 Å². The summed E-state index contributed by atoms with van der Waals surface area (Å²) in [5.74, 6) is 1.48. The molecule has 0 aliphatic rings. The van der Waals surface area contributed by atoms with Crippen molar-refractivity contribution in [2.24, 2.45) is 0 Å². The molecule has 0 atom stereocenters. The average Bonchev–Trinajstić information content (AvgIpc) is 3.40. The van der Waals surface area contributed by atoms with E-state index in [1.807, 2.05) is 36.4 Å². The monoisotopic (exact) mass is 383 g/mol. The second-order valence-electron chi connectivity index (χ2n) is 5.00. The summed E-state index contributed by atoms with van der Waals surface area (Å²) in [6, 6.07) is 9.93. The minimum Gasteiger partial charge on any atom is -0.259 e. The Hall–Kier alpha value is -2.29. The molecule has 0 radical (unpaired) electrons. The van der Waals surface area contributed by atoms with Crippen LogP contribution in [0.5, 0.6) is 0 Å².